The second-order valence-corrected chi connectivity index (χ2v) is 6.94. The van der Waals surface area contributed by atoms with Crippen molar-refractivity contribution in [1.82, 2.24) is 15.8 Å². The van der Waals surface area contributed by atoms with E-state index in [4.69, 9.17) is 4.52 Å². The average Bonchev–Trinajstić information content (AvgIpc) is 2.89. The van der Waals surface area contributed by atoms with Crippen molar-refractivity contribution in [2.24, 2.45) is 4.99 Å². The van der Waals surface area contributed by atoms with Crippen LogP contribution in [0.4, 0.5) is 0 Å². The van der Waals surface area contributed by atoms with Gasteiger partial charge >= 0.3 is 0 Å². The van der Waals surface area contributed by atoms with Crippen molar-refractivity contribution in [1.29, 1.82) is 0 Å². The molecule has 0 saturated heterocycles. The van der Waals surface area contributed by atoms with E-state index in [1.165, 1.54) is 0 Å². The molecule has 0 aromatic carbocycles. The van der Waals surface area contributed by atoms with Crippen LogP contribution >= 0.6 is 0 Å². The molecule has 25 heavy (non-hydrogen) atoms. The first-order chi connectivity index (χ1) is 11.9. The molecular formula is C19H36N4O2. The number of aromatic nitrogens is 1. The fraction of sp³-hybridized carbons (Fsp3) is 0.789. The Bertz CT molecular complexity index is 514. The van der Waals surface area contributed by atoms with Crippen molar-refractivity contribution in [3.8, 4) is 0 Å². The van der Waals surface area contributed by atoms with E-state index in [9.17, 15) is 5.11 Å². The van der Waals surface area contributed by atoms with Gasteiger partial charge in [-0.2, -0.15) is 0 Å². The third kappa shape index (κ3) is 6.69. The van der Waals surface area contributed by atoms with Gasteiger partial charge in [0.1, 0.15) is 5.76 Å². The highest BCUT2D eigenvalue weighted by molar-refractivity contribution is 5.79. The molecule has 1 atom stereocenters. The maximum Gasteiger partial charge on any atom is 0.191 e. The van der Waals surface area contributed by atoms with Crippen LogP contribution in [0.25, 0.3) is 0 Å². The lowest BCUT2D eigenvalue weighted by Gasteiger charge is -2.26. The van der Waals surface area contributed by atoms with Crippen molar-refractivity contribution >= 4 is 5.96 Å². The smallest absolute Gasteiger partial charge is 0.191 e. The standard InChI is InChI=1S/C19H36N4O2/c1-7-10-19(24,11-8-2)13-22-18(20-9-3)21-12-14(4)17-15(5)23-25-16(17)6/h14,24H,7-13H2,1-6H3,(H2,20,21,22). The first-order valence-corrected chi connectivity index (χ1v) is 9.54. The van der Waals surface area contributed by atoms with Gasteiger partial charge in [-0.1, -0.05) is 38.8 Å². The summed E-state index contributed by atoms with van der Waals surface area (Å²) in [7, 11) is 0. The number of aliphatic imine (C=N–C) groups is 1. The lowest BCUT2D eigenvalue weighted by atomic mass is 9.93. The van der Waals surface area contributed by atoms with Crippen molar-refractivity contribution in [2.75, 3.05) is 19.6 Å². The summed E-state index contributed by atoms with van der Waals surface area (Å²) in [5.74, 6) is 1.88. The topological polar surface area (TPSA) is 82.7 Å². The van der Waals surface area contributed by atoms with Crippen molar-refractivity contribution in [3.05, 3.63) is 17.0 Å². The normalized spacial score (nSPS) is 13.8. The monoisotopic (exact) mass is 352 g/mol. The van der Waals surface area contributed by atoms with Crippen LogP contribution in [0.3, 0.4) is 0 Å². The van der Waals surface area contributed by atoms with Gasteiger partial charge < -0.3 is 20.3 Å². The summed E-state index contributed by atoms with van der Waals surface area (Å²) >= 11 is 0. The van der Waals surface area contributed by atoms with Crippen molar-refractivity contribution in [3.63, 3.8) is 0 Å². The van der Waals surface area contributed by atoms with Gasteiger partial charge in [-0.3, -0.25) is 4.99 Å². The zero-order valence-electron chi connectivity index (χ0n) is 16.8. The first kappa shape index (κ1) is 21.5. The number of nitrogens with zero attached hydrogens (tertiary/aromatic N) is 2. The van der Waals surface area contributed by atoms with E-state index in [2.05, 4.69) is 41.6 Å². The molecule has 1 rings (SSSR count). The lowest BCUT2D eigenvalue weighted by Crippen LogP contribution is -2.41. The van der Waals surface area contributed by atoms with Crippen LogP contribution in [0.2, 0.25) is 0 Å². The van der Waals surface area contributed by atoms with Crippen molar-refractivity contribution < 1.29 is 9.63 Å². The fourth-order valence-electron chi connectivity index (χ4n) is 3.33. The molecular weight excluding hydrogens is 316 g/mol. The Kier molecular flexibility index (Phi) is 8.97. The lowest BCUT2D eigenvalue weighted by molar-refractivity contribution is 0.0306. The number of guanidine groups is 1. The summed E-state index contributed by atoms with van der Waals surface area (Å²) in [6.07, 6.45) is 3.47. The molecule has 0 aliphatic rings. The van der Waals surface area contributed by atoms with Crippen LogP contribution in [0, 0.1) is 13.8 Å². The van der Waals surface area contributed by atoms with Crippen LogP contribution in [-0.2, 0) is 0 Å². The number of rotatable bonds is 10. The highest BCUT2D eigenvalue weighted by atomic mass is 16.5. The first-order valence-electron chi connectivity index (χ1n) is 9.54. The van der Waals surface area contributed by atoms with E-state index in [0.29, 0.717) is 6.54 Å². The number of nitrogens with one attached hydrogen (secondary N) is 2. The molecule has 1 unspecified atom stereocenters. The molecule has 0 aliphatic carbocycles. The summed E-state index contributed by atoms with van der Waals surface area (Å²) in [4.78, 5) is 4.63. The van der Waals surface area contributed by atoms with Crippen molar-refractivity contribution in [2.45, 2.75) is 78.7 Å². The Morgan fingerprint density at radius 1 is 1.20 bits per heavy atom. The minimum atomic E-state index is -0.709. The van der Waals surface area contributed by atoms with E-state index < -0.39 is 5.60 Å². The van der Waals surface area contributed by atoms with Gasteiger partial charge in [0.05, 0.1) is 17.8 Å². The Labute approximate surface area is 152 Å². The molecule has 3 N–H and O–H groups in total. The SMILES string of the molecule is CCCC(O)(CCC)CN=C(NCC)NCC(C)c1c(C)noc1C. The number of hydrogen-bond donors (Lipinski definition) is 3. The molecule has 1 aromatic rings. The van der Waals surface area contributed by atoms with E-state index >= 15 is 0 Å². The Morgan fingerprint density at radius 2 is 1.84 bits per heavy atom. The predicted octanol–water partition coefficient (Wildman–Crippen LogP) is 3.28. The van der Waals surface area contributed by atoms with E-state index in [-0.39, 0.29) is 5.92 Å². The van der Waals surface area contributed by atoms with Gasteiger partial charge in [-0.05, 0) is 33.6 Å². The molecule has 0 aliphatic heterocycles. The summed E-state index contributed by atoms with van der Waals surface area (Å²) in [5.41, 5.74) is 1.38. The molecule has 0 bridgehead atoms. The van der Waals surface area contributed by atoms with E-state index in [1.807, 2.05) is 20.8 Å². The average molecular weight is 353 g/mol. The summed E-state index contributed by atoms with van der Waals surface area (Å²) in [5, 5.41) is 21.4. The van der Waals surface area contributed by atoms with Gasteiger partial charge in [0.15, 0.2) is 5.96 Å². The molecule has 1 aromatic heterocycles. The largest absolute Gasteiger partial charge is 0.388 e. The van der Waals surface area contributed by atoms with Crippen LogP contribution in [-0.4, -0.2) is 41.5 Å². The zero-order chi connectivity index (χ0) is 18.9. The number of aliphatic hydroxyl groups is 1. The highest BCUT2D eigenvalue weighted by Gasteiger charge is 2.24. The van der Waals surface area contributed by atoms with Crippen LogP contribution in [0.1, 0.15) is 76.3 Å². The molecule has 0 fully saturated rings. The summed E-state index contributed by atoms with van der Waals surface area (Å²) in [6.45, 7) is 14.2. The Hall–Kier alpha value is -1.56. The quantitative estimate of drug-likeness (QED) is 0.445. The van der Waals surface area contributed by atoms with Crippen LogP contribution < -0.4 is 10.6 Å². The molecule has 0 radical (unpaired) electrons. The van der Waals surface area contributed by atoms with Gasteiger partial charge in [0.2, 0.25) is 0 Å². The third-order valence-electron chi connectivity index (χ3n) is 4.46. The fourth-order valence-corrected chi connectivity index (χ4v) is 3.33. The Balaban J connectivity index is 2.72. The van der Waals surface area contributed by atoms with Gasteiger partial charge in [0.25, 0.3) is 0 Å². The highest BCUT2D eigenvalue weighted by Crippen LogP contribution is 2.22. The molecule has 0 amide bonds. The number of aryl methyl sites for hydroxylation is 2. The maximum atomic E-state index is 10.7. The number of hydrogen-bond acceptors (Lipinski definition) is 4. The molecule has 144 valence electrons. The minimum absolute atomic E-state index is 0.264. The molecule has 0 saturated carbocycles. The second kappa shape index (κ2) is 10.4. The molecule has 1 heterocycles. The Morgan fingerprint density at radius 3 is 2.32 bits per heavy atom. The van der Waals surface area contributed by atoms with Crippen LogP contribution in [0.15, 0.2) is 9.52 Å². The predicted molar refractivity (Wildman–Crippen MR) is 103 cm³/mol. The van der Waals surface area contributed by atoms with Gasteiger partial charge in [-0.25, -0.2) is 0 Å². The molecule has 6 nitrogen and oxygen atoms in total. The van der Waals surface area contributed by atoms with E-state index in [0.717, 1.165) is 61.7 Å². The second-order valence-electron chi connectivity index (χ2n) is 6.94. The summed E-state index contributed by atoms with van der Waals surface area (Å²) < 4.78 is 5.26. The van der Waals surface area contributed by atoms with Gasteiger partial charge in [-0.15, -0.1) is 0 Å². The zero-order valence-corrected chi connectivity index (χ0v) is 16.8. The third-order valence-corrected chi connectivity index (χ3v) is 4.46. The summed E-state index contributed by atoms with van der Waals surface area (Å²) in [6, 6.07) is 0. The van der Waals surface area contributed by atoms with Gasteiger partial charge in [0, 0.05) is 24.6 Å². The molecule has 6 heteroatoms. The molecule has 0 spiro atoms. The van der Waals surface area contributed by atoms with Crippen LogP contribution in [0.5, 0.6) is 0 Å². The van der Waals surface area contributed by atoms with E-state index in [1.54, 1.807) is 0 Å². The maximum absolute atomic E-state index is 10.7. The minimum Gasteiger partial charge on any atom is -0.388 e.